The number of hydrogen-bond acceptors (Lipinski definition) is 3. The summed E-state index contributed by atoms with van der Waals surface area (Å²) in [5, 5.41) is 8.69. The van der Waals surface area contributed by atoms with Gasteiger partial charge in [-0.2, -0.15) is 0 Å². The van der Waals surface area contributed by atoms with Gasteiger partial charge in [0.15, 0.2) is 0 Å². The summed E-state index contributed by atoms with van der Waals surface area (Å²) in [4.78, 5) is 12.4. The first-order valence-electron chi connectivity index (χ1n) is 4.23. The third kappa shape index (κ3) is 3.38. The van der Waals surface area contributed by atoms with E-state index in [1.807, 2.05) is 14.1 Å². The summed E-state index contributed by atoms with van der Waals surface area (Å²) >= 11 is 2.77. The zero-order chi connectivity index (χ0) is 11.4. The van der Waals surface area contributed by atoms with Crippen molar-refractivity contribution in [1.82, 2.24) is 4.90 Å². The zero-order valence-electron chi connectivity index (χ0n) is 8.43. The molecule has 0 heterocycles. The molecule has 0 radical (unpaired) electrons. The second-order valence-corrected chi connectivity index (χ2v) is 3.82. The summed E-state index contributed by atoms with van der Waals surface area (Å²) in [6, 6.07) is 6.23. The van der Waals surface area contributed by atoms with Crippen molar-refractivity contribution < 1.29 is 14.6 Å². The van der Waals surface area contributed by atoms with Crippen molar-refractivity contribution in [3.05, 3.63) is 29.8 Å². The summed E-state index contributed by atoms with van der Waals surface area (Å²) in [6.45, 7) is 0. The first kappa shape index (κ1) is 11.8. The van der Waals surface area contributed by atoms with Crippen LogP contribution in [0.15, 0.2) is 24.3 Å². The third-order valence-electron chi connectivity index (χ3n) is 1.67. The van der Waals surface area contributed by atoms with Crippen LogP contribution in [0.3, 0.4) is 0 Å². The number of carboxylic acids is 1. The molecule has 0 bridgehead atoms. The molecule has 0 spiro atoms. The molecule has 4 nitrogen and oxygen atoms in total. The van der Waals surface area contributed by atoms with Crippen molar-refractivity contribution in [1.29, 1.82) is 0 Å². The summed E-state index contributed by atoms with van der Waals surface area (Å²) < 4.78 is 6.03. The van der Waals surface area contributed by atoms with E-state index < -0.39 is 5.97 Å². The van der Waals surface area contributed by atoms with Crippen molar-refractivity contribution in [2.45, 2.75) is 0 Å². The van der Waals surface area contributed by atoms with Gasteiger partial charge in [0.05, 0.1) is 0 Å². The van der Waals surface area contributed by atoms with E-state index in [1.165, 1.54) is 12.1 Å². The van der Waals surface area contributed by atoms with Crippen molar-refractivity contribution in [3.8, 4) is 5.75 Å². The fourth-order valence-electron chi connectivity index (χ4n) is 0.858. The van der Waals surface area contributed by atoms with Gasteiger partial charge in [0, 0.05) is 0 Å². The Morgan fingerprint density at radius 1 is 1.33 bits per heavy atom. The summed E-state index contributed by atoms with van der Waals surface area (Å²) in [6.07, 6.45) is 0. The molecule has 1 aromatic carbocycles. The van der Waals surface area contributed by atoms with Gasteiger partial charge >= 0.3 is 95.5 Å². The Kier molecular flexibility index (Phi) is 3.88. The summed E-state index contributed by atoms with van der Waals surface area (Å²) in [5.41, 5.74) is 0.244. The topological polar surface area (TPSA) is 49.8 Å². The molecule has 0 saturated carbocycles. The molecule has 1 N–H and O–H groups in total. The van der Waals surface area contributed by atoms with Gasteiger partial charge in [0.1, 0.15) is 0 Å². The van der Waals surface area contributed by atoms with E-state index in [2.05, 4.69) is 15.6 Å². The molecule has 0 aliphatic carbocycles. The van der Waals surface area contributed by atoms with Crippen molar-refractivity contribution >= 4 is 26.3 Å². The average molecular weight is 272 g/mol. The van der Waals surface area contributed by atoms with Crippen LogP contribution in [0.4, 0.5) is 0 Å². The number of benzene rings is 1. The second kappa shape index (κ2) is 4.96. The number of carboxylic acid groups (broad SMARTS) is 1. The van der Waals surface area contributed by atoms with E-state index in [0.29, 0.717) is 10.5 Å². The van der Waals surface area contributed by atoms with Crippen molar-refractivity contribution in [2.75, 3.05) is 14.1 Å². The fraction of sp³-hybridized carbons (Fsp3) is 0.200. The van der Waals surface area contributed by atoms with Crippen LogP contribution >= 0.6 is 0 Å². The van der Waals surface area contributed by atoms with Crippen LogP contribution in [0.5, 0.6) is 5.75 Å². The predicted octanol–water partition coefficient (Wildman–Crippen LogP) is 0.581. The zero-order valence-corrected chi connectivity index (χ0v) is 10.1. The van der Waals surface area contributed by atoms with Crippen molar-refractivity contribution in [2.24, 2.45) is 0 Å². The molecule has 80 valence electrons. The normalized spacial score (nSPS) is 9.47. The SMILES string of the molecule is CN(C)C(=[Se])Oc1ccc(C(=O)O)cc1. The van der Waals surface area contributed by atoms with Gasteiger partial charge in [-0.15, -0.1) is 0 Å². The van der Waals surface area contributed by atoms with E-state index in [0.717, 1.165) is 0 Å². The Morgan fingerprint density at radius 2 is 1.87 bits per heavy atom. The molecule has 1 rings (SSSR count). The molecule has 0 fully saturated rings. The van der Waals surface area contributed by atoms with Crippen LogP contribution in [0.2, 0.25) is 0 Å². The molecule has 15 heavy (non-hydrogen) atoms. The Bertz CT molecular complexity index is 373. The minimum atomic E-state index is -0.943. The molecule has 1 aromatic rings. The molecule has 0 aliphatic rings. The van der Waals surface area contributed by atoms with Gasteiger partial charge in [-0.05, 0) is 0 Å². The van der Waals surface area contributed by atoms with E-state index in [1.54, 1.807) is 17.0 Å². The molecule has 0 aliphatic heterocycles. The Morgan fingerprint density at radius 3 is 2.27 bits per heavy atom. The van der Waals surface area contributed by atoms with Crippen LogP contribution in [0, 0.1) is 0 Å². The number of nitrogens with zero attached hydrogens (tertiary/aromatic N) is 1. The van der Waals surface area contributed by atoms with E-state index in [-0.39, 0.29) is 5.56 Å². The van der Waals surface area contributed by atoms with E-state index >= 15 is 0 Å². The first-order chi connectivity index (χ1) is 7.00. The number of hydrogen-bond donors (Lipinski definition) is 1. The minimum absolute atomic E-state index is 0.244. The third-order valence-corrected chi connectivity index (χ3v) is 2.61. The molecule has 0 saturated heterocycles. The van der Waals surface area contributed by atoms with Crippen LogP contribution < -0.4 is 4.74 Å². The van der Waals surface area contributed by atoms with Gasteiger partial charge < -0.3 is 0 Å². The first-order valence-corrected chi connectivity index (χ1v) is 5.09. The quantitative estimate of drug-likeness (QED) is 0.815. The molecule has 5 heteroatoms. The maximum atomic E-state index is 10.6. The Labute approximate surface area is 95.8 Å². The van der Waals surface area contributed by atoms with Gasteiger partial charge in [-0.3, -0.25) is 0 Å². The average Bonchev–Trinajstić information content (AvgIpc) is 2.18. The molecule has 0 unspecified atom stereocenters. The van der Waals surface area contributed by atoms with E-state index in [9.17, 15) is 4.79 Å². The van der Waals surface area contributed by atoms with Gasteiger partial charge in [-0.1, -0.05) is 0 Å². The molecule has 0 amide bonds. The number of carbonyl (C=O) groups is 1. The Balaban J connectivity index is 2.73. The second-order valence-electron chi connectivity index (χ2n) is 3.09. The molecular formula is C10H11NO3Se. The predicted molar refractivity (Wildman–Crippen MR) is 58.5 cm³/mol. The van der Waals surface area contributed by atoms with E-state index in [4.69, 9.17) is 9.84 Å². The molecular weight excluding hydrogens is 261 g/mol. The van der Waals surface area contributed by atoms with Crippen LogP contribution in [-0.2, 0) is 0 Å². The monoisotopic (exact) mass is 273 g/mol. The molecule has 0 atom stereocenters. The van der Waals surface area contributed by atoms with Gasteiger partial charge in [0.25, 0.3) is 0 Å². The number of aromatic carboxylic acids is 1. The summed E-state index contributed by atoms with van der Waals surface area (Å²) in [7, 11) is 3.69. The van der Waals surface area contributed by atoms with Crippen LogP contribution in [-0.4, -0.2) is 50.4 Å². The van der Waals surface area contributed by atoms with Crippen LogP contribution in [0.1, 0.15) is 10.4 Å². The standard InChI is InChI=1S/C10H11NO3Se/c1-11(2)10(15)14-8-5-3-7(4-6-8)9(12)13/h3-6H,1-2H3,(H,12,13). The summed E-state index contributed by atoms with van der Waals surface area (Å²) in [5.74, 6) is -0.344. The molecule has 0 aromatic heterocycles. The van der Waals surface area contributed by atoms with Crippen molar-refractivity contribution in [3.63, 3.8) is 0 Å². The fourth-order valence-corrected chi connectivity index (χ4v) is 1.06. The van der Waals surface area contributed by atoms with Crippen LogP contribution in [0.25, 0.3) is 0 Å². The Hall–Kier alpha value is -1.32. The number of rotatable bonds is 4. The maximum absolute atomic E-state index is 10.6. The number of ether oxygens (including phenoxy) is 1. The van der Waals surface area contributed by atoms with Gasteiger partial charge in [0.2, 0.25) is 0 Å². The van der Waals surface area contributed by atoms with Gasteiger partial charge in [-0.25, -0.2) is 0 Å².